The molecule has 0 saturated carbocycles. The van der Waals surface area contributed by atoms with Crippen LogP contribution < -0.4 is 5.32 Å². The molecule has 1 rings (SSSR count). The fourth-order valence-electron chi connectivity index (χ4n) is 1.32. The second-order valence-electron chi connectivity index (χ2n) is 3.75. The summed E-state index contributed by atoms with van der Waals surface area (Å²) >= 11 is 5.78. The highest BCUT2D eigenvalue weighted by atomic mass is 35.5. The summed E-state index contributed by atoms with van der Waals surface area (Å²) in [6.07, 6.45) is 0. The number of anilines is 1. The van der Waals surface area contributed by atoms with E-state index in [4.69, 9.17) is 11.6 Å². The van der Waals surface area contributed by atoms with Crippen molar-refractivity contribution < 1.29 is 9.53 Å². The van der Waals surface area contributed by atoms with Gasteiger partial charge >= 0.3 is 5.97 Å². The molecule has 2 atom stereocenters. The summed E-state index contributed by atoms with van der Waals surface area (Å²) in [6.45, 7) is 3.77. The van der Waals surface area contributed by atoms with Gasteiger partial charge in [-0.1, -0.05) is 11.6 Å². The lowest BCUT2D eigenvalue weighted by molar-refractivity contribution is -0.145. The Labute approximate surface area is 101 Å². The molecule has 88 valence electrons. The predicted octanol–water partition coefficient (Wildman–Crippen LogP) is 2.95. The Bertz CT molecular complexity index is 351. The highest BCUT2D eigenvalue weighted by Crippen LogP contribution is 2.16. The van der Waals surface area contributed by atoms with Gasteiger partial charge in [0.15, 0.2) is 0 Å². The molecular formula is C12H16ClNO2. The molecule has 0 heterocycles. The van der Waals surface area contributed by atoms with E-state index in [2.05, 4.69) is 10.1 Å². The molecule has 0 saturated heterocycles. The largest absolute Gasteiger partial charge is 0.469 e. The van der Waals surface area contributed by atoms with Crippen LogP contribution in [0.5, 0.6) is 0 Å². The average Bonchev–Trinajstić information content (AvgIpc) is 2.30. The van der Waals surface area contributed by atoms with Crippen LogP contribution in [0.3, 0.4) is 0 Å². The van der Waals surface area contributed by atoms with Crippen molar-refractivity contribution in [3.05, 3.63) is 29.3 Å². The third-order valence-electron chi connectivity index (χ3n) is 2.56. The molecule has 1 aromatic rings. The van der Waals surface area contributed by atoms with Crippen molar-refractivity contribution in [3.8, 4) is 0 Å². The smallest absolute Gasteiger partial charge is 0.310 e. The van der Waals surface area contributed by atoms with Crippen molar-refractivity contribution in [2.24, 2.45) is 5.92 Å². The molecule has 1 N–H and O–H groups in total. The molecule has 0 bridgehead atoms. The lowest BCUT2D eigenvalue weighted by Gasteiger charge is -2.20. The van der Waals surface area contributed by atoms with Crippen LogP contribution >= 0.6 is 11.6 Å². The van der Waals surface area contributed by atoms with Crippen LogP contribution in [0.1, 0.15) is 13.8 Å². The topological polar surface area (TPSA) is 38.3 Å². The summed E-state index contributed by atoms with van der Waals surface area (Å²) < 4.78 is 4.69. The molecule has 0 aliphatic heterocycles. The van der Waals surface area contributed by atoms with Gasteiger partial charge in [0.25, 0.3) is 0 Å². The number of ether oxygens (including phenoxy) is 1. The first-order valence-corrected chi connectivity index (χ1v) is 5.52. The van der Waals surface area contributed by atoms with Gasteiger partial charge in [-0.15, -0.1) is 0 Å². The Morgan fingerprint density at radius 2 is 1.88 bits per heavy atom. The molecule has 0 amide bonds. The number of nitrogens with one attached hydrogen (secondary N) is 1. The molecule has 0 spiro atoms. The molecule has 0 aliphatic rings. The standard InChI is InChI=1S/C12H16ClNO2/c1-8(12(15)16-3)9(2)14-11-6-4-10(13)5-7-11/h4-9,14H,1-3H3. The lowest BCUT2D eigenvalue weighted by atomic mass is 10.0. The summed E-state index contributed by atoms with van der Waals surface area (Å²) in [5, 5.41) is 3.92. The van der Waals surface area contributed by atoms with Crippen LogP contribution in [-0.2, 0) is 9.53 Å². The minimum atomic E-state index is -0.214. The number of methoxy groups -OCH3 is 1. The van der Waals surface area contributed by atoms with Crippen LogP contribution in [0.25, 0.3) is 0 Å². The number of carbonyl (C=O) groups excluding carboxylic acids is 1. The molecule has 0 radical (unpaired) electrons. The normalized spacial score (nSPS) is 14.0. The van der Waals surface area contributed by atoms with Crippen molar-refractivity contribution in [1.29, 1.82) is 0 Å². The molecule has 0 fully saturated rings. The van der Waals surface area contributed by atoms with Gasteiger partial charge in [0.05, 0.1) is 13.0 Å². The van der Waals surface area contributed by atoms with E-state index in [1.807, 2.05) is 26.0 Å². The SMILES string of the molecule is COC(=O)C(C)C(C)Nc1ccc(Cl)cc1. The highest BCUT2D eigenvalue weighted by molar-refractivity contribution is 6.30. The van der Waals surface area contributed by atoms with Crippen molar-refractivity contribution in [3.63, 3.8) is 0 Å². The Balaban J connectivity index is 2.60. The molecule has 16 heavy (non-hydrogen) atoms. The van der Waals surface area contributed by atoms with Gasteiger partial charge in [0.1, 0.15) is 0 Å². The summed E-state index contributed by atoms with van der Waals surface area (Å²) in [5.41, 5.74) is 0.938. The Hall–Kier alpha value is -1.22. The Morgan fingerprint density at radius 3 is 2.38 bits per heavy atom. The third-order valence-corrected chi connectivity index (χ3v) is 2.81. The van der Waals surface area contributed by atoms with Crippen molar-refractivity contribution in [2.75, 3.05) is 12.4 Å². The predicted molar refractivity (Wildman–Crippen MR) is 65.7 cm³/mol. The number of halogens is 1. The second-order valence-corrected chi connectivity index (χ2v) is 4.19. The third kappa shape index (κ3) is 3.42. The maximum Gasteiger partial charge on any atom is 0.310 e. The van der Waals surface area contributed by atoms with Crippen LogP contribution in [0.4, 0.5) is 5.69 Å². The fourth-order valence-corrected chi connectivity index (χ4v) is 1.45. The van der Waals surface area contributed by atoms with Gasteiger partial charge in [-0.25, -0.2) is 0 Å². The van der Waals surface area contributed by atoms with Crippen LogP contribution in [-0.4, -0.2) is 19.1 Å². The fraction of sp³-hybridized carbons (Fsp3) is 0.417. The molecule has 3 nitrogen and oxygen atoms in total. The number of hydrogen-bond acceptors (Lipinski definition) is 3. The summed E-state index contributed by atoms with van der Waals surface area (Å²) in [5.74, 6) is -0.408. The summed E-state index contributed by atoms with van der Waals surface area (Å²) in [4.78, 5) is 11.3. The summed E-state index contributed by atoms with van der Waals surface area (Å²) in [7, 11) is 1.40. The number of esters is 1. The van der Waals surface area contributed by atoms with E-state index in [1.54, 1.807) is 12.1 Å². The monoisotopic (exact) mass is 241 g/mol. The average molecular weight is 242 g/mol. The van der Waals surface area contributed by atoms with E-state index in [1.165, 1.54) is 7.11 Å². The van der Waals surface area contributed by atoms with Gasteiger partial charge in [0, 0.05) is 16.8 Å². The van der Waals surface area contributed by atoms with E-state index < -0.39 is 0 Å². The zero-order valence-electron chi connectivity index (χ0n) is 9.66. The van der Waals surface area contributed by atoms with Crippen LogP contribution in [0, 0.1) is 5.92 Å². The Morgan fingerprint density at radius 1 is 1.31 bits per heavy atom. The summed E-state index contributed by atoms with van der Waals surface area (Å²) in [6, 6.07) is 7.37. The molecule has 0 aromatic heterocycles. The van der Waals surface area contributed by atoms with Gasteiger partial charge in [-0.2, -0.15) is 0 Å². The van der Waals surface area contributed by atoms with E-state index >= 15 is 0 Å². The molecular weight excluding hydrogens is 226 g/mol. The van der Waals surface area contributed by atoms with Crippen molar-refractivity contribution in [1.82, 2.24) is 0 Å². The molecule has 4 heteroatoms. The minimum Gasteiger partial charge on any atom is -0.469 e. The van der Waals surface area contributed by atoms with Crippen molar-refractivity contribution in [2.45, 2.75) is 19.9 Å². The maximum absolute atomic E-state index is 11.3. The molecule has 0 aliphatic carbocycles. The lowest BCUT2D eigenvalue weighted by Crippen LogP contribution is -2.30. The van der Waals surface area contributed by atoms with Gasteiger partial charge in [-0.05, 0) is 38.1 Å². The Kier molecular flexibility index (Phi) is 4.62. The minimum absolute atomic E-state index is 0.00799. The second kappa shape index (κ2) is 5.75. The van der Waals surface area contributed by atoms with Crippen molar-refractivity contribution >= 4 is 23.3 Å². The number of rotatable bonds is 4. The van der Waals surface area contributed by atoms with E-state index in [9.17, 15) is 4.79 Å². The number of hydrogen-bond donors (Lipinski definition) is 1. The number of carbonyl (C=O) groups is 1. The highest BCUT2D eigenvalue weighted by Gasteiger charge is 2.20. The first kappa shape index (κ1) is 12.8. The van der Waals surface area contributed by atoms with Gasteiger partial charge in [-0.3, -0.25) is 4.79 Å². The van der Waals surface area contributed by atoms with E-state index in [0.717, 1.165) is 5.69 Å². The van der Waals surface area contributed by atoms with E-state index in [0.29, 0.717) is 5.02 Å². The zero-order chi connectivity index (χ0) is 12.1. The van der Waals surface area contributed by atoms with Gasteiger partial charge in [0.2, 0.25) is 0 Å². The van der Waals surface area contributed by atoms with Gasteiger partial charge < -0.3 is 10.1 Å². The van der Waals surface area contributed by atoms with Crippen LogP contribution in [0.15, 0.2) is 24.3 Å². The first-order chi connectivity index (χ1) is 7.54. The quantitative estimate of drug-likeness (QED) is 0.824. The molecule has 2 unspecified atom stereocenters. The number of benzene rings is 1. The maximum atomic E-state index is 11.3. The molecule has 1 aromatic carbocycles. The van der Waals surface area contributed by atoms with Crippen LogP contribution in [0.2, 0.25) is 5.02 Å². The first-order valence-electron chi connectivity index (χ1n) is 5.14. The zero-order valence-corrected chi connectivity index (χ0v) is 10.4. The van der Waals surface area contributed by atoms with E-state index in [-0.39, 0.29) is 17.9 Å².